The summed E-state index contributed by atoms with van der Waals surface area (Å²) >= 11 is 11.5. The van der Waals surface area contributed by atoms with E-state index in [1.54, 1.807) is 0 Å². The van der Waals surface area contributed by atoms with Crippen LogP contribution >= 0.6 is 23.2 Å². The average molecular weight is 446 g/mol. The van der Waals surface area contributed by atoms with E-state index in [4.69, 9.17) is 23.2 Å². The fraction of sp³-hybridized carbons (Fsp3) is 0.278. The van der Waals surface area contributed by atoms with Crippen LogP contribution in [0.25, 0.3) is 0 Å². The Kier molecular flexibility index (Phi) is 6.57. The van der Waals surface area contributed by atoms with E-state index in [0.717, 1.165) is 0 Å². The maximum Gasteiger partial charge on any atom is 0.243 e. The molecule has 10 heteroatoms. The van der Waals surface area contributed by atoms with Gasteiger partial charge in [0.05, 0.1) is 16.5 Å². The van der Waals surface area contributed by atoms with E-state index in [-0.39, 0.29) is 35.5 Å². The minimum atomic E-state index is -3.59. The van der Waals surface area contributed by atoms with Gasteiger partial charge in [-0.2, -0.15) is 4.31 Å². The van der Waals surface area contributed by atoms with Crippen LogP contribution in [0.4, 0.5) is 10.1 Å². The zero-order valence-corrected chi connectivity index (χ0v) is 17.1. The molecule has 0 bridgehead atoms. The van der Waals surface area contributed by atoms with E-state index in [1.165, 1.54) is 46.8 Å². The van der Waals surface area contributed by atoms with Crippen molar-refractivity contribution in [1.29, 1.82) is 0 Å². The minimum absolute atomic E-state index is 0.0705. The Bertz CT molecular complexity index is 963. The lowest BCUT2D eigenvalue weighted by atomic mass is 10.3. The van der Waals surface area contributed by atoms with E-state index in [1.807, 2.05) is 4.90 Å². The molecule has 3 rings (SSSR count). The Morgan fingerprint density at radius 2 is 1.68 bits per heavy atom. The van der Waals surface area contributed by atoms with Crippen molar-refractivity contribution in [2.75, 3.05) is 38.0 Å². The van der Waals surface area contributed by atoms with Gasteiger partial charge in [-0.1, -0.05) is 23.2 Å². The number of piperazine rings is 1. The molecule has 1 aliphatic rings. The lowest BCUT2D eigenvalue weighted by Crippen LogP contribution is -2.50. The van der Waals surface area contributed by atoms with Gasteiger partial charge in [-0.05, 0) is 42.5 Å². The lowest BCUT2D eigenvalue weighted by Gasteiger charge is -2.33. The first-order valence-corrected chi connectivity index (χ1v) is 10.7. The summed E-state index contributed by atoms with van der Waals surface area (Å²) in [7, 11) is -3.59. The maximum absolute atomic E-state index is 13.2. The van der Waals surface area contributed by atoms with Crippen LogP contribution in [0.2, 0.25) is 10.0 Å². The van der Waals surface area contributed by atoms with Gasteiger partial charge in [0, 0.05) is 36.9 Å². The Balaban J connectivity index is 1.54. The number of nitrogens with one attached hydrogen (secondary N) is 1. The highest BCUT2D eigenvalue weighted by molar-refractivity contribution is 7.89. The Morgan fingerprint density at radius 3 is 2.29 bits per heavy atom. The summed E-state index contributed by atoms with van der Waals surface area (Å²) in [5, 5.41) is 3.05. The number of sulfonamides is 1. The molecule has 0 aromatic heterocycles. The highest BCUT2D eigenvalue weighted by Gasteiger charge is 2.29. The van der Waals surface area contributed by atoms with Gasteiger partial charge in [0.15, 0.2) is 0 Å². The normalized spacial score (nSPS) is 16.1. The van der Waals surface area contributed by atoms with E-state index in [2.05, 4.69) is 5.32 Å². The molecule has 0 unspecified atom stereocenters. The summed E-state index contributed by atoms with van der Waals surface area (Å²) < 4.78 is 39.9. The molecular weight excluding hydrogens is 428 g/mol. The molecule has 0 saturated carbocycles. The second-order valence-corrected chi connectivity index (χ2v) is 9.09. The van der Waals surface area contributed by atoms with Crippen molar-refractivity contribution >= 4 is 44.8 Å². The monoisotopic (exact) mass is 445 g/mol. The first-order valence-electron chi connectivity index (χ1n) is 8.49. The highest BCUT2D eigenvalue weighted by atomic mass is 35.5. The van der Waals surface area contributed by atoms with Gasteiger partial charge < -0.3 is 5.32 Å². The first-order chi connectivity index (χ1) is 13.3. The maximum atomic E-state index is 13.2. The van der Waals surface area contributed by atoms with Crippen molar-refractivity contribution in [1.82, 2.24) is 9.21 Å². The number of rotatable bonds is 5. The zero-order chi connectivity index (χ0) is 20.3. The molecule has 1 N–H and O–H groups in total. The van der Waals surface area contributed by atoms with E-state index >= 15 is 0 Å². The average Bonchev–Trinajstić information content (AvgIpc) is 2.65. The predicted molar refractivity (Wildman–Crippen MR) is 107 cm³/mol. The number of amides is 1. The third-order valence-electron chi connectivity index (χ3n) is 4.35. The molecule has 0 spiro atoms. The van der Waals surface area contributed by atoms with Crippen molar-refractivity contribution in [2.45, 2.75) is 4.90 Å². The largest absolute Gasteiger partial charge is 0.325 e. The topological polar surface area (TPSA) is 69.7 Å². The van der Waals surface area contributed by atoms with Crippen molar-refractivity contribution in [3.8, 4) is 0 Å². The number of carbonyl (C=O) groups excluding carboxylic acids is 1. The quantitative estimate of drug-likeness (QED) is 0.767. The molecule has 150 valence electrons. The minimum Gasteiger partial charge on any atom is -0.325 e. The molecule has 6 nitrogen and oxygen atoms in total. The van der Waals surface area contributed by atoms with Crippen LogP contribution in [0.3, 0.4) is 0 Å². The van der Waals surface area contributed by atoms with Gasteiger partial charge in [-0.15, -0.1) is 0 Å². The summed E-state index contributed by atoms with van der Waals surface area (Å²) in [6, 6.07) is 9.98. The van der Waals surface area contributed by atoms with E-state index < -0.39 is 15.8 Å². The van der Waals surface area contributed by atoms with Crippen LogP contribution in [0.5, 0.6) is 0 Å². The SMILES string of the molecule is O=C(CN1CCN(S(=O)(=O)c2ccc(Cl)cc2)CC1)Nc1ccc(F)c(Cl)c1. The third-order valence-corrected chi connectivity index (χ3v) is 6.81. The molecule has 28 heavy (non-hydrogen) atoms. The smallest absolute Gasteiger partial charge is 0.243 e. The second-order valence-electron chi connectivity index (χ2n) is 6.31. The van der Waals surface area contributed by atoms with E-state index in [0.29, 0.717) is 23.8 Å². The van der Waals surface area contributed by atoms with Crippen molar-refractivity contribution in [2.24, 2.45) is 0 Å². The second kappa shape index (κ2) is 8.75. The van der Waals surface area contributed by atoms with Gasteiger partial charge in [-0.3, -0.25) is 9.69 Å². The van der Waals surface area contributed by atoms with Crippen molar-refractivity contribution in [3.05, 3.63) is 58.3 Å². The first kappa shape index (κ1) is 21.0. The molecule has 1 amide bonds. The fourth-order valence-corrected chi connectivity index (χ4v) is 4.59. The number of benzene rings is 2. The Morgan fingerprint density at radius 1 is 1.04 bits per heavy atom. The van der Waals surface area contributed by atoms with Crippen LogP contribution in [-0.2, 0) is 14.8 Å². The highest BCUT2D eigenvalue weighted by Crippen LogP contribution is 2.21. The lowest BCUT2D eigenvalue weighted by molar-refractivity contribution is -0.117. The van der Waals surface area contributed by atoms with Crippen molar-refractivity contribution in [3.63, 3.8) is 0 Å². The molecule has 2 aromatic carbocycles. The molecule has 1 heterocycles. The van der Waals surface area contributed by atoms with Gasteiger partial charge in [0.1, 0.15) is 5.82 Å². The van der Waals surface area contributed by atoms with Crippen LogP contribution in [-0.4, -0.2) is 56.3 Å². The Hall–Kier alpha value is -1.71. The summed E-state index contributed by atoms with van der Waals surface area (Å²) in [4.78, 5) is 14.2. The number of carbonyl (C=O) groups is 1. The van der Waals surface area contributed by atoms with Gasteiger partial charge in [-0.25, -0.2) is 12.8 Å². The molecule has 2 aromatic rings. The summed E-state index contributed by atoms with van der Waals surface area (Å²) in [6.07, 6.45) is 0. The molecule has 0 radical (unpaired) electrons. The number of nitrogens with zero attached hydrogens (tertiary/aromatic N) is 2. The number of hydrogen-bond donors (Lipinski definition) is 1. The third kappa shape index (κ3) is 5.01. The fourth-order valence-electron chi connectivity index (χ4n) is 2.86. The van der Waals surface area contributed by atoms with Gasteiger partial charge >= 0.3 is 0 Å². The van der Waals surface area contributed by atoms with Gasteiger partial charge in [0.25, 0.3) is 0 Å². The van der Waals surface area contributed by atoms with Crippen LogP contribution in [0.1, 0.15) is 0 Å². The van der Waals surface area contributed by atoms with Crippen molar-refractivity contribution < 1.29 is 17.6 Å². The summed E-state index contributed by atoms with van der Waals surface area (Å²) in [5.41, 5.74) is 0.403. The molecule has 0 atom stereocenters. The molecule has 0 aliphatic carbocycles. The predicted octanol–water partition coefficient (Wildman–Crippen LogP) is 3.08. The standard InChI is InChI=1S/C18H18Cl2FN3O3S/c19-13-1-4-15(5-2-13)28(26,27)24-9-7-23(8-10-24)12-18(25)22-14-3-6-17(21)16(20)11-14/h1-6,11H,7-10,12H2,(H,22,25). The van der Waals surface area contributed by atoms with E-state index in [9.17, 15) is 17.6 Å². The molecule has 1 aliphatic heterocycles. The number of hydrogen-bond acceptors (Lipinski definition) is 4. The summed E-state index contributed by atoms with van der Waals surface area (Å²) in [5.74, 6) is -0.839. The number of halogens is 3. The Labute approximate surface area is 172 Å². The zero-order valence-electron chi connectivity index (χ0n) is 14.7. The molecule has 1 fully saturated rings. The summed E-state index contributed by atoms with van der Waals surface area (Å²) in [6.45, 7) is 1.50. The molecule has 1 saturated heterocycles. The number of anilines is 1. The van der Waals surface area contributed by atoms with Crippen LogP contribution in [0, 0.1) is 5.82 Å². The van der Waals surface area contributed by atoms with Crippen LogP contribution < -0.4 is 5.32 Å². The van der Waals surface area contributed by atoms with Crippen LogP contribution in [0.15, 0.2) is 47.4 Å². The molecular formula is C18H18Cl2FN3O3S. The van der Waals surface area contributed by atoms with Gasteiger partial charge in [0.2, 0.25) is 15.9 Å².